The Morgan fingerprint density at radius 1 is 1.03 bits per heavy atom. The minimum absolute atomic E-state index is 0.165. The molecule has 0 bridgehead atoms. The third kappa shape index (κ3) is 5.50. The van der Waals surface area contributed by atoms with Gasteiger partial charge in [0.25, 0.3) is 5.91 Å². The van der Waals surface area contributed by atoms with Crippen LogP contribution in [0.15, 0.2) is 42.5 Å². The Hall–Kier alpha value is -2.74. The van der Waals surface area contributed by atoms with Crippen LogP contribution in [-0.4, -0.2) is 39.8 Å². The van der Waals surface area contributed by atoms with Gasteiger partial charge in [-0.1, -0.05) is 6.07 Å². The van der Waals surface area contributed by atoms with Crippen molar-refractivity contribution in [2.24, 2.45) is 0 Å². The molecular weight excluding hydrogens is 416 g/mol. The summed E-state index contributed by atoms with van der Waals surface area (Å²) in [6.45, 7) is 7.26. The topological polar surface area (TPSA) is 84.9 Å². The number of hydrogen-bond acceptors (Lipinski definition) is 5. The SMILES string of the molecule is CCOc1ccc([C@H](C)NC(=O)c2ccc(N3CCCCS3(=O)=O)cc2)cc1OCC. The molecule has 1 fully saturated rings. The first-order chi connectivity index (χ1) is 14.9. The van der Waals surface area contributed by atoms with Gasteiger partial charge in [-0.3, -0.25) is 9.10 Å². The summed E-state index contributed by atoms with van der Waals surface area (Å²) in [6, 6.07) is 12.1. The van der Waals surface area contributed by atoms with Crippen LogP contribution in [0.5, 0.6) is 11.5 Å². The van der Waals surface area contributed by atoms with Gasteiger partial charge >= 0.3 is 0 Å². The van der Waals surface area contributed by atoms with Crippen molar-refractivity contribution in [3.8, 4) is 11.5 Å². The Morgan fingerprint density at radius 3 is 2.35 bits per heavy atom. The predicted molar refractivity (Wildman–Crippen MR) is 121 cm³/mol. The highest BCUT2D eigenvalue weighted by molar-refractivity contribution is 7.92. The maximum atomic E-state index is 12.7. The molecule has 0 aromatic heterocycles. The first kappa shape index (κ1) is 22.9. The maximum Gasteiger partial charge on any atom is 0.251 e. The van der Waals surface area contributed by atoms with E-state index in [0.717, 1.165) is 12.0 Å². The Bertz CT molecular complexity index is 1010. The van der Waals surface area contributed by atoms with Gasteiger partial charge in [0.15, 0.2) is 11.5 Å². The lowest BCUT2D eigenvalue weighted by molar-refractivity contribution is 0.0940. The second kappa shape index (κ2) is 10.0. The van der Waals surface area contributed by atoms with Crippen LogP contribution in [0.25, 0.3) is 0 Å². The molecule has 0 unspecified atom stereocenters. The molecule has 0 aliphatic carbocycles. The van der Waals surface area contributed by atoms with Gasteiger partial charge in [-0.15, -0.1) is 0 Å². The van der Waals surface area contributed by atoms with Crippen LogP contribution in [0.2, 0.25) is 0 Å². The van der Waals surface area contributed by atoms with Crippen molar-refractivity contribution in [3.63, 3.8) is 0 Å². The third-order valence-corrected chi connectivity index (χ3v) is 7.05. The number of amides is 1. The van der Waals surface area contributed by atoms with E-state index in [4.69, 9.17) is 9.47 Å². The standard InChI is InChI=1S/C23H30N2O5S/c1-4-29-21-13-10-19(16-22(21)30-5-2)17(3)24-23(26)18-8-11-20(12-9-18)25-14-6-7-15-31(25,27)28/h8-13,16-17H,4-7,14-15H2,1-3H3,(H,24,26)/t17-/m0/s1. The van der Waals surface area contributed by atoms with E-state index in [9.17, 15) is 13.2 Å². The lowest BCUT2D eigenvalue weighted by Gasteiger charge is -2.28. The van der Waals surface area contributed by atoms with Crippen LogP contribution >= 0.6 is 0 Å². The minimum atomic E-state index is -3.27. The first-order valence-electron chi connectivity index (χ1n) is 10.7. The smallest absolute Gasteiger partial charge is 0.251 e. The number of carbonyl (C=O) groups excluding carboxylic acids is 1. The molecule has 0 saturated carbocycles. The molecule has 31 heavy (non-hydrogen) atoms. The number of nitrogens with one attached hydrogen (secondary N) is 1. The van der Waals surface area contributed by atoms with Crippen molar-refractivity contribution >= 4 is 21.6 Å². The number of anilines is 1. The van der Waals surface area contributed by atoms with Crippen molar-refractivity contribution in [2.75, 3.05) is 29.8 Å². The summed E-state index contributed by atoms with van der Waals surface area (Å²) in [5.41, 5.74) is 1.97. The van der Waals surface area contributed by atoms with Crippen LogP contribution in [0.4, 0.5) is 5.69 Å². The summed E-state index contributed by atoms with van der Waals surface area (Å²) in [5, 5.41) is 2.98. The molecule has 1 amide bonds. The molecule has 0 spiro atoms. The fourth-order valence-electron chi connectivity index (χ4n) is 3.56. The van der Waals surface area contributed by atoms with E-state index in [1.807, 2.05) is 39.0 Å². The van der Waals surface area contributed by atoms with Gasteiger partial charge < -0.3 is 14.8 Å². The molecule has 2 aromatic rings. The lowest BCUT2D eigenvalue weighted by atomic mass is 10.1. The molecule has 0 radical (unpaired) electrons. The second-order valence-corrected chi connectivity index (χ2v) is 9.42. The molecule has 2 aromatic carbocycles. The molecule has 168 valence electrons. The average Bonchev–Trinajstić information content (AvgIpc) is 2.75. The molecule has 1 saturated heterocycles. The zero-order chi connectivity index (χ0) is 22.4. The average molecular weight is 447 g/mol. The van der Waals surface area contributed by atoms with E-state index >= 15 is 0 Å². The van der Waals surface area contributed by atoms with Crippen molar-refractivity contribution < 1.29 is 22.7 Å². The summed E-state index contributed by atoms with van der Waals surface area (Å²) in [5.74, 6) is 1.26. The lowest BCUT2D eigenvalue weighted by Crippen LogP contribution is -2.37. The number of rotatable bonds is 8. The number of sulfonamides is 1. The highest BCUT2D eigenvalue weighted by atomic mass is 32.2. The van der Waals surface area contributed by atoms with E-state index in [1.54, 1.807) is 24.3 Å². The van der Waals surface area contributed by atoms with Crippen LogP contribution in [0.3, 0.4) is 0 Å². The van der Waals surface area contributed by atoms with E-state index in [1.165, 1.54) is 4.31 Å². The first-order valence-corrected chi connectivity index (χ1v) is 12.3. The number of ether oxygens (including phenoxy) is 2. The predicted octanol–water partition coefficient (Wildman–Crippen LogP) is 3.91. The van der Waals surface area contributed by atoms with Crippen molar-refractivity contribution in [1.29, 1.82) is 0 Å². The van der Waals surface area contributed by atoms with E-state index in [-0.39, 0.29) is 17.7 Å². The molecule has 1 heterocycles. The minimum Gasteiger partial charge on any atom is -0.490 e. The van der Waals surface area contributed by atoms with E-state index in [0.29, 0.717) is 48.9 Å². The summed E-state index contributed by atoms with van der Waals surface area (Å²) < 4.78 is 37.2. The van der Waals surface area contributed by atoms with Crippen LogP contribution in [0, 0.1) is 0 Å². The number of hydrogen-bond donors (Lipinski definition) is 1. The Morgan fingerprint density at radius 2 is 1.71 bits per heavy atom. The zero-order valence-electron chi connectivity index (χ0n) is 18.3. The molecular formula is C23H30N2O5S. The molecule has 1 N–H and O–H groups in total. The summed E-state index contributed by atoms with van der Waals surface area (Å²) in [7, 11) is -3.27. The largest absolute Gasteiger partial charge is 0.490 e. The van der Waals surface area contributed by atoms with Gasteiger partial charge in [0.05, 0.1) is 30.7 Å². The van der Waals surface area contributed by atoms with E-state index in [2.05, 4.69) is 5.32 Å². The molecule has 1 atom stereocenters. The molecule has 1 aliphatic rings. The second-order valence-electron chi connectivity index (χ2n) is 7.41. The zero-order valence-corrected chi connectivity index (χ0v) is 19.1. The third-order valence-electron chi connectivity index (χ3n) is 5.18. The quantitative estimate of drug-likeness (QED) is 0.665. The fraction of sp³-hybridized carbons (Fsp3) is 0.435. The Kier molecular flexibility index (Phi) is 7.43. The fourth-order valence-corrected chi connectivity index (χ4v) is 5.20. The maximum absolute atomic E-state index is 12.7. The van der Waals surface area contributed by atoms with Gasteiger partial charge in [0.2, 0.25) is 10.0 Å². The Labute approximate surface area is 184 Å². The van der Waals surface area contributed by atoms with E-state index < -0.39 is 10.0 Å². The number of carbonyl (C=O) groups is 1. The highest BCUT2D eigenvalue weighted by Gasteiger charge is 2.26. The number of benzene rings is 2. The molecule has 3 rings (SSSR count). The van der Waals surface area contributed by atoms with Gasteiger partial charge in [-0.05, 0) is 75.6 Å². The van der Waals surface area contributed by atoms with Crippen molar-refractivity contribution in [3.05, 3.63) is 53.6 Å². The van der Waals surface area contributed by atoms with Gasteiger partial charge in [-0.25, -0.2) is 8.42 Å². The highest BCUT2D eigenvalue weighted by Crippen LogP contribution is 2.31. The van der Waals surface area contributed by atoms with Crippen LogP contribution in [-0.2, 0) is 10.0 Å². The van der Waals surface area contributed by atoms with Gasteiger partial charge in [0.1, 0.15) is 0 Å². The van der Waals surface area contributed by atoms with Crippen molar-refractivity contribution in [2.45, 2.75) is 39.7 Å². The normalized spacial score (nSPS) is 16.4. The van der Waals surface area contributed by atoms with Gasteiger partial charge in [0, 0.05) is 12.1 Å². The monoisotopic (exact) mass is 446 g/mol. The summed E-state index contributed by atoms with van der Waals surface area (Å²) in [6.07, 6.45) is 1.53. The number of nitrogens with zero attached hydrogens (tertiary/aromatic N) is 1. The van der Waals surface area contributed by atoms with Gasteiger partial charge in [-0.2, -0.15) is 0 Å². The van der Waals surface area contributed by atoms with Crippen LogP contribution < -0.4 is 19.1 Å². The van der Waals surface area contributed by atoms with Crippen LogP contribution in [0.1, 0.15) is 55.6 Å². The summed E-state index contributed by atoms with van der Waals surface area (Å²) >= 11 is 0. The Balaban J connectivity index is 1.70. The molecule has 1 aliphatic heterocycles. The summed E-state index contributed by atoms with van der Waals surface area (Å²) in [4.78, 5) is 12.7. The molecule has 8 heteroatoms. The molecule has 7 nitrogen and oxygen atoms in total. The van der Waals surface area contributed by atoms with Crippen molar-refractivity contribution in [1.82, 2.24) is 5.32 Å².